The lowest BCUT2D eigenvalue weighted by Gasteiger charge is -2.34. The Morgan fingerprint density at radius 2 is 2.12 bits per heavy atom. The van der Waals surface area contributed by atoms with Crippen LogP contribution in [0.25, 0.3) is 0 Å². The molecular formula is C17H32IN7. The smallest absolute Gasteiger partial charge is 0.193 e. The van der Waals surface area contributed by atoms with Gasteiger partial charge in [-0.25, -0.2) is 4.98 Å². The molecule has 0 aromatic carbocycles. The Bertz CT molecular complexity index is 511. The van der Waals surface area contributed by atoms with E-state index in [-0.39, 0.29) is 24.0 Å². The Labute approximate surface area is 168 Å². The second-order valence-electron chi connectivity index (χ2n) is 7.10. The molecule has 0 spiro atoms. The second kappa shape index (κ2) is 10.3. The van der Waals surface area contributed by atoms with Crippen LogP contribution in [0.5, 0.6) is 0 Å². The van der Waals surface area contributed by atoms with Crippen LogP contribution in [0.4, 0.5) is 0 Å². The van der Waals surface area contributed by atoms with Gasteiger partial charge in [0.25, 0.3) is 0 Å². The first-order chi connectivity index (χ1) is 11.8. The third-order valence-corrected chi connectivity index (χ3v) is 5.17. The number of hydrogen-bond donors (Lipinski definition) is 2. The summed E-state index contributed by atoms with van der Waals surface area (Å²) in [4.78, 5) is 14.1. The monoisotopic (exact) mass is 461 g/mol. The Balaban J connectivity index is 0.00000225. The zero-order valence-corrected chi connectivity index (χ0v) is 17.8. The summed E-state index contributed by atoms with van der Waals surface area (Å²) in [5.41, 5.74) is 0. The van der Waals surface area contributed by atoms with Crippen LogP contribution >= 0.6 is 24.0 Å². The minimum absolute atomic E-state index is 0. The Morgan fingerprint density at radius 1 is 1.32 bits per heavy atom. The number of nitrogens with zero attached hydrogens (tertiary/aromatic N) is 5. The van der Waals surface area contributed by atoms with E-state index >= 15 is 0 Å². The Morgan fingerprint density at radius 3 is 2.76 bits per heavy atom. The van der Waals surface area contributed by atoms with Crippen LogP contribution in [-0.2, 0) is 0 Å². The number of H-pyrrole nitrogens is 1. The first-order valence-electron chi connectivity index (χ1n) is 9.33. The number of piperidine rings is 2. The fraction of sp³-hybridized carbons (Fsp3) is 0.824. The van der Waals surface area contributed by atoms with E-state index in [1.165, 1.54) is 25.9 Å². The van der Waals surface area contributed by atoms with Gasteiger partial charge in [0.2, 0.25) is 0 Å². The first-order valence-corrected chi connectivity index (χ1v) is 9.33. The number of halogens is 1. The number of rotatable bonds is 4. The maximum absolute atomic E-state index is 4.95. The quantitative estimate of drug-likeness (QED) is 0.407. The molecule has 142 valence electrons. The first kappa shape index (κ1) is 20.4. The highest BCUT2D eigenvalue weighted by atomic mass is 127. The molecule has 3 rings (SSSR count). The van der Waals surface area contributed by atoms with E-state index in [1.54, 1.807) is 6.33 Å². The van der Waals surface area contributed by atoms with Crippen molar-refractivity contribution in [3.05, 3.63) is 12.2 Å². The van der Waals surface area contributed by atoms with Crippen LogP contribution in [0.15, 0.2) is 11.3 Å². The van der Waals surface area contributed by atoms with Crippen molar-refractivity contribution in [2.24, 2.45) is 10.9 Å². The number of aromatic nitrogens is 3. The van der Waals surface area contributed by atoms with Crippen molar-refractivity contribution >= 4 is 29.9 Å². The van der Waals surface area contributed by atoms with Crippen molar-refractivity contribution in [1.82, 2.24) is 30.3 Å². The molecule has 1 unspecified atom stereocenters. The summed E-state index contributed by atoms with van der Waals surface area (Å²) in [6.45, 7) is 8.47. The normalized spacial score (nSPS) is 23.4. The van der Waals surface area contributed by atoms with Crippen molar-refractivity contribution in [2.75, 3.05) is 46.3 Å². The van der Waals surface area contributed by atoms with Gasteiger partial charge in [-0.2, -0.15) is 5.10 Å². The van der Waals surface area contributed by atoms with E-state index in [1.807, 2.05) is 0 Å². The van der Waals surface area contributed by atoms with E-state index in [2.05, 4.69) is 44.3 Å². The molecule has 0 saturated carbocycles. The summed E-state index contributed by atoms with van der Waals surface area (Å²) < 4.78 is 0. The van der Waals surface area contributed by atoms with Crippen LogP contribution in [0.1, 0.15) is 44.3 Å². The third kappa shape index (κ3) is 5.80. The number of nitrogens with one attached hydrogen (secondary N) is 2. The average Bonchev–Trinajstić information content (AvgIpc) is 3.13. The molecule has 2 fully saturated rings. The number of aromatic amines is 1. The summed E-state index contributed by atoms with van der Waals surface area (Å²) in [5.74, 6) is 3.31. The zero-order chi connectivity index (χ0) is 16.8. The molecule has 2 aliphatic heterocycles. The van der Waals surface area contributed by atoms with Gasteiger partial charge in [0, 0.05) is 38.6 Å². The van der Waals surface area contributed by atoms with Gasteiger partial charge in [0.05, 0.1) is 0 Å². The highest BCUT2D eigenvalue weighted by Gasteiger charge is 2.24. The van der Waals surface area contributed by atoms with E-state index < -0.39 is 0 Å². The van der Waals surface area contributed by atoms with Gasteiger partial charge >= 0.3 is 0 Å². The molecule has 2 saturated heterocycles. The van der Waals surface area contributed by atoms with Crippen LogP contribution in [-0.4, -0.2) is 77.3 Å². The topological polar surface area (TPSA) is 72.4 Å². The highest BCUT2D eigenvalue weighted by molar-refractivity contribution is 14.0. The van der Waals surface area contributed by atoms with Crippen LogP contribution in [0.3, 0.4) is 0 Å². The lowest BCUT2D eigenvalue weighted by Crippen LogP contribution is -2.46. The van der Waals surface area contributed by atoms with Crippen molar-refractivity contribution in [2.45, 2.75) is 38.5 Å². The molecule has 8 heteroatoms. The van der Waals surface area contributed by atoms with Crippen LogP contribution in [0, 0.1) is 5.92 Å². The third-order valence-electron chi connectivity index (χ3n) is 5.17. The summed E-state index contributed by atoms with van der Waals surface area (Å²) in [6, 6.07) is 0. The molecule has 1 aromatic heterocycles. The van der Waals surface area contributed by atoms with Gasteiger partial charge in [0.15, 0.2) is 5.96 Å². The summed E-state index contributed by atoms with van der Waals surface area (Å²) >= 11 is 0. The zero-order valence-electron chi connectivity index (χ0n) is 15.4. The number of hydrogen-bond acceptors (Lipinski definition) is 4. The van der Waals surface area contributed by atoms with Gasteiger partial charge in [-0.1, -0.05) is 0 Å². The van der Waals surface area contributed by atoms with Gasteiger partial charge in [-0.3, -0.25) is 10.1 Å². The van der Waals surface area contributed by atoms with Crippen molar-refractivity contribution in [3.8, 4) is 0 Å². The molecular weight excluding hydrogens is 429 g/mol. The fourth-order valence-electron chi connectivity index (χ4n) is 3.84. The lowest BCUT2D eigenvalue weighted by atomic mass is 9.96. The Kier molecular flexibility index (Phi) is 8.41. The van der Waals surface area contributed by atoms with Gasteiger partial charge in [0.1, 0.15) is 12.2 Å². The van der Waals surface area contributed by atoms with Crippen LogP contribution in [0.2, 0.25) is 0 Å². The maximum Gasteiger partial charge on any atom is 0.193 e. The molecule has 1 aromatic rings. The molecule has 7 nitrogen and oxygen atoms in total. The fourth-order valence-corrected chi connectivity index (χ4v) is 3.84. The molecule has 25 heavy (non-hydrogen) atoms. The van der Waals surface area contributed by atoms with Gasteiger partial charge in [-0.15, -0.1) is 24.0 Å². The summed E-state index contributed by atoms with van der Waals surface area (Å²) in [6.07, 6.45) is 6.42. The highest BCUT2D eigenvalue weighted by Crippen LogP contribution is 2.25. The molecule has 1 atom stereocenters. The minimum Gasteiger partial charge on any atom is -0.357 e. The molecule has 3 heterocycles. The molecule has 0 bridgehead atoms. The largest absolute Gasteiger partial charge is 0.357 e. The van der Waals surface area contributed by atoms with E-state index in [9.17, 15) is 0 Å². The summed E-state index contributed by atoms with van der Waals surface area (Å²) in [7, 11) is 2.22. The minimum atomic E-state index is 0. The van der Waals surface area contributed by atoms with Gasteiger partial charge in [-0.05, 0) is 52.1 Å². The van der Waals surface area contributed by atoms with E-state index in [0.29, 0.717) is 11.8 Å². The summed E-state index contributed by atoms with van der Waals surface area (Å²) in [5, 5.41) is 10.5. The Hall–Kier alpha value is -0.900. The van der Waals surface area contributed by atoms with Crippen molar-refractivity contribution in [1.29, 1.82) is 0 Å². The molecule has 0 amide bonds. The number of guanidine groups is 1. The van der Waals surface area contributed by atoms with Crippen LogP contribution < -0.4 is 5.32 Å². The van der Waals surface area contributed by atoms with E-state index in [4.69, 9.17) is 4.99 Å². The number of likely N-dealkylation sites (tertiary alicyclic amines) is 2. The molecule has 2 aliphatic rings. The van der Waals surface area contributed by atoms with Gasteiger partial charge < -0.3 is 15.1 Å². The molecule has 0 aliphatic carbocycles. The van der Waals surface area contributed by atoms with Crippen molar-refractivity contribution in [3.63, 3.8) is 0 Å². The predicted molar refractivity (Wildman–Crippen MR) is 112 cm³/mol. The maximum atomic E-state index is 4.95. The van der Waals surface area contributed by atoms with E-state index in [0.717, 1.165) is 50.8 Å². The lowest BCUT2D eigenvalue weighted by molar-refractivity contribution is 0.213. The standard InChI is InChI=1S/C17H31N7.HI/c1-3-18-17(19-11-14-5-4-8-23(2)12-14)24-9-6-15(7-10-24)16-20-13-21-22-16;/h13-15H,3-12H2,1-2H3,(H,18,19)(H,20,21,22);1H. The molecule has 0 radical (unpaired) electrons. The average molecular weight is 461 g/mol. The molecule has 2 N–H and O–H groups in total. The number of aliphatic imine (C=N–C) groups is 1. The predicted octanol–water partition coefficient (Wildman–Crippen LogP) is 1.91. The second-order valence-corrected chi connectivity index (χ2v) is 7.10. The SMILES string of the molecule is CCNC(=NCC1CCCN(C)C1)N1CCC(c2ncn[nH]2)CC1.I. The van der Waals surface area contributed by atoms with Crippen molar-refractivity contribution < 1.29 is 0 Å².